The van der Waals surface area contributed by atoms with Gasteiger partial charge in [0.25, 0.3) is 0 Å². The van der Waals surface area contributed by atoms with Gasteiger partial charge in [-0.25, -0.2) is 0 Å². The van der Waals surface area contributed by atoms with Gasteiger partial charge < -0.3 is 0 Å². The fourth-order valence-electron chi connectivity index (χ4n) is 0.844. The third-order valence-electron chi connectivity index (χ3n) is 1.86. The minimum atomic E-state index is -0.151. The van der Waals surface area contributed by atoms with Gasteiger partial charge in [0.05, 0.1) is 5.71 Å². The molecule has 0 saturated heterocycles. The van der Waals surface area contributed by atoms with E-state index in [9.17, 15) is 0 Å². The molecule has 1 heteroatoms. The molecule has 0 aromatic heterocycles. The quantitative estimate of drug-likeness (QED) is 0.474. The molecule has 0 amide bonds. The summed E-state index contributed by atoms with van der Waals surface area (Å²) in [6.07, 6.45) is 0. The second-order valence-electron chi connectivity index (χ2n) is 4.24. The maximum absolute atomic E-state index is 7.72. The summed E-state index contributed by atoms with van der Waals surface area (Å²) in [7, 11) is 0. The minimum Gasteiger partial charge on any atom is -0.296 e. The predicted molar refractivity (Wildman–Crippen MR) is 60.5 cm³/mol. The summed E-state index contributed by atoms with van der Waals surface area (Å²) in [6.45, 7) is 5.99. The normalized spacial score (nSPS) is 10.2. The van der Waals surface area contributed by atoms with Gasteiger partial charge in [-0.2, -0.15) is 0 Å². The first-order chi connectivity index (χ1) is 6.50. The zero-order valence-corrected chi connectivity index (χ0v) is 8.89. The van der Waals surface area contributed by atoms with Gasteiger partial charge in [0.15, 0.2) is 0 Å². The van der Waals surface area contributed by atoms with Crippen LogP contribution in [-0.2, 0) is 0 Å². The van der Waals surface area contributed by atoms with E-state index in [1.54, 1.807) is 0 Å². The summed E-state index contributed by atoms with van der Waals surface area (Å²) in [4.78, 5) is 0. The molecular weight excluding hydrogens is 170 g/mol. The van der Waals surface area contributed by atoms with Crippen molar-refractivity contribution < 1.29 is 0 Å². The van der Waals surface area contributed by atoms with E-state index in [4.69, 9.17) is 5.41 Å². The smallest absolute Gasteiger partial charge is 0.0866 e. The highest BCUT2D eigenvalue weighted by Gasteiger charge is 2.14. The molecule has 0 aliphatic carbocycles. The molecule has 0 spiro atoms. The van der Waals surface area contributed by atoms with Crippen molar-refractivity contribution in [3.05, 3.63) is 35.9 Å². The molecule has 0 saturated carbocycles. The van der Waals surface area contributed by atoms with Crippen molar-refractivity contribution >= 4 is 5.71 Å². The zero-order valence-electron chi connectivity index (χ0n) is 8.89. The average molecular weight is 185 g/mol. The molecule has 0 fully saturated rings. The molecule has 0 aliphatic heterocycles. The summed E-state index contributed by atoms with van der Waals surface area (Å²) in [6, 6.07) is 9.75. The van der Waals surface area contributed by atoms with Gasteiger partial charge in [0.2, 0.25) is 0 Å². The first-order valence-corrected chi connectivity index (χ1v) is 4.66. The highest BCUT2D eigenvalue weighted by Crippen LogP contribution is 2.13. The Balaban J connectivity index is 2.80. The first kappa shape index (κ1) is 10.5. The van der Waals surface area contributed by atoms with Crippen LogP contribution in [0.4, 0.5) is 0 Å². The maximum atomic E-state index is 7.72. The Labute approximate surface area is 85.7 Å². The molecule has 0 unspecified atom stereocenters. The standard InChI is InChI=1S/C13H15N/c1-13(2,3)12(14)10-9-11-7-5-4-6-8-11/h4-8,14H,1-3H3. The summed E-state index contributed by atoms with van der Waals surface area (Å²) in [5, 5.41) is 7.72. The molecule has 0 heterocycles. The Hall–Kier alpha value is -1.55. The van der Waals surface area contributed by atoms with Crippen molar-refractivity contribution in [2.24, 2.45) is 5.41 Å². The third-order valence-corrected chi connectivity index (χ3v) is 1.86. The highest BCUT2D eigenvalue weighted by atomic mass is 14.4. The number of hydrogen-bond donors (Lipinski definition) is 1. The lowest BCUT2D eigenvalue weighted by Crippen LogP contribution is -2.16. The van der Waals surface area contributed by atoms with E-state index in [0.717, 1.165) is 5.56 Å². The van der Waals surface area contributed by atoms with Crippen LogP contribution in [0.15, 0.2) is 30.3 Å². The number of rotatable bonds is 0. The van der Waals surface area contributed by atoms with E-state index in [1.165, 1.54) is 0 Å². The Morgan fingerprint density at radius 3 is 2.21 bits per heavy atom. The van der Waals surface area contributed by atoms with Gasteiger partial charge in [-0.15, -0.1) is 0 Å². The molecule has 0 aliphatic rings. The Bertz CT molecular complexity index is 371. The fourth-order valence-corrected chi connectivity index (χ4v) is 0.844. The molecule has 1 aromatic rings. The lowest BCUT2D eigenvalue weighted by atomic mass is 9.90. The summed E-state index contributed by atoms with van der Waals surface area (Å²) >= 11 is 0. The van der Waals surface area contributed by atoms with Crippen LogP contribution >= 0.6 is 0 Å². The van der Waals surface area contributed by atoms with Gasteiger partial charge in [-0.1, -0.05) is 44.9 Å². The van der Waals surface area contributed by atoms with E-state index < -0.39 is 0 Å². The van der Waals surface area contributed by atoms with Crippen molar-refractivity contribution in [1.82, 2.24) is 0 Å². The molecule has 1 N–H and O–H groups in total. The van der Waals surface area contributed by atoms with Crippen LogP contribution in [-0.4, -0.2) is 5.71 Å². The molecular formula is C13H15N. The van der Waals surface area contributed by atoms with Gasteiger partial charge in [0, 0.05) is 11.0 Å². The van der Waals surface area contributed by atoms with Crippen LogP contribution < -0.4 is 0 Å². The van der Waals surface area contributed by atoms with Crippen molar-refractivity contribution in [3.63, 3.8) is 0 Å². The van der Waals surface area contributed by atoms with Crippen molar-refractivity contribution in [1.29, 1.82) is 5.41 Å². The number of nitrogens with one attached hydrogen (secondary N) is 1. The van der Waals surface area contributed by atoms with Gasteiger partial charge >= 0.3 is 0 Å². The Morgan fingerprint density at radius 1 is 1.14 bits per heavy atom. The van der Waals surface area contributed by atoms with Crippen LogP contribution in [0.1, 0.15) is 26.3 Å². The molecule has 1 rings (SSSR count). The molecule has 0 atom stereocenters. The van der Waals surface area contributed by atoms with E-state index >= 15 is 0 Å². The van der Waals surface area contributed by atoms with Crippen LogP contribution in [0.25, 0.3) is 0 Å². The molecule has 72 valence electrons. The molecule has 1 nitrogen and oxygen atoms in total. The third kappa shape index (κ3) is 3.06. The topological polar surface area (TPSA) is 23.9 Å². The Kier molecular flexibility index (Phi) is 3.09. The van der Waals surface area contributed by atoms with Crippen LogP contribution in [0.2, 0.25) is 0 Å². The second kappa shape index (κ2) is 4.11. The van der Waals surface area contributed by atoms with Crippen LogP contribution in [0.5, 0.6) is 0 Å². The number of benzene rings is 1. The second-order valence-corrected chi connectivity index (χ2v) is 4.24. The lowest BCUT2D eigenvalue weighted by Gasteiger charge is -2.14. The van der Waals surface area contributed by atoms with Gasteiger partial charge in [0.1, 0.15) is 0 Å². The van der Waals surface area contributed by atoms with Crippen molar-refractivity contribution in [2.45, 2.75) is 20.8 Å². The van der Waals surface area contributed by atoms with Gasteiger partial charge in [-0.05, 0) is 18.1 Å². The monoisotopic (exact) mass is 185 g/mol. The largest absolute Gasteiger partial charge is 0.296 e. The van der Waals surface area contributed by atoms with E-state index in [2.05, 4.69) is 11.8 Å². The van der Waals surface area contributed by atoms with E-state index in [0.29, 0.717) is 5.71 Å². The molecule has 1 aromatic carbocycles. The molecule has 14 heavy (non-hydrogen) atoms. The summed E-state index contributed by atoms with van der Waals surface area (Å²) in [5.74, 6) is 5.85. The average Bonchev–Trinajstić information content (AvgIpc) is 2.14. The van der Waals surface area contributed by atoms with Crippen molar-refractivity contribution in [2.75, 3.05) is 0 Å². The zero-order chi connectivity index (χ0) is 10.6. The lowest BCUT2D eigenvalue weighted by molar-refractivity contribution is 0.593. The maximum Gasteiger partial charge on any atom is 0.0866 e. The van der Waals surface area contributed by atoms with Gasteiger partial charge in [-0.3, -0.25) is 5.41 Å². The van der Waals surface area contributed by atoms with E-state index in [1.807, 2.05) is 51.1 Å². The van der Waals surface area contributed by atoms with E-state index in [-0.39, 0.29) is 5.41 Å². The number of hydrogen-bond acceptors (Lipinski definition) is 1. The Morgan fingerprint density at radius 2 is 1.71 bits per heavy atom. The predicted octanol–water partition coefficient (Wildman–Crippen LogP) is 3.10. The van der Waals surface area contributed by atoms with Crippen LogP contribution in [0.3, 0.4) is 0 Å². The van der Waals surface area contributed by atoms with Crippen molar-refractivity contribution in [3.8, 4) is 11.8 Å². The highest BCUT2D eigenvalue weighted by molar-refractivity contribution is 6.02. The minimum absolute atomic E-state index is 0.151. The summed E-state index contributed by atoms with van der Waals surface area (Å²) in [5.41, 5.74) is 1.28. The van der Waals surface area contributed by atoms with Crippen LogP contribution in [0, 0.1) is 22.7 Å². The molecule has 0 bridgehead atoms. The summed E-state index contributed by atoms with van der Waals surface area (Å²) < 4.78 is 0. The fraction of sp³-hybridized carbons (Fsp3) is 0.308. The SMILES string of the molecule is CC(C)(C)C(=N)C#Cc1ccccc1. The first-order valence-electron chi connectivity index (χ1n) is 4.66. The molecule has 0 radical (unpaired) electrons.